The Morgan fingerprint density at radius 2 is 1.09 bits per heavy atom. The molecule has 0 rings (SSSR count). The lowest BCUT2D eigenvalue weighted by molar-refractivity contribution is 1.42. The molecule has 0 N–H and O–H groups in total. The molecule has 0 bridgehead atoms. The highest BCUT2D eigenvalue weighted by Crippen LogP contribution is 2.30. The maximum atomic E-state index is 2.53. The first-order chi connectivity index (χ1) is 4.69. The van der Waals surface area contributed by atoms with Crippen LogP contribution in [0.3, 0.4) is 0 Å². The third-order valence-electron chi connectivity index (χ3n) is 2.20. The molecule has 0 aromatic heterocycles. The van der Waals surface area contributed by atoms with Gasteiger partial charge in [-0.05, 0) is 0 Å². The van der Waals surface area contributed by atoms with E-state index < -0.39 is 16.1 Å². The highest BCUT2D eigenvalue weighted by atomic mass is 28.4. The summed E-state index contributed by atoms with van der Waals surface area (Å²) in [6, 6.07) is 0. The molecule has 0 unspecified atom stereocenters. The standard InChI is InChI=1S/C8H23Si3/c1-9-8(10(2,3)4)11(5,6)7/h8-9H,1-7H3. The Kier molecular flexibility index (Phi) is 3.79. The zero-order chi connectivity index (χ0) is 9.28. The molecule has 0 nitrogen and oxygen atoms in total. The number of hydrogen-bond acceptors (Lipinski definition) is 0. The van der Waals surface area contributed by atoms with Crippen molar-refractivity contribution in [2.45, 2.75) is 50.6 Å². The molecular weight excluding hydrogens is 180 g/mol. The minimum absolute atomic E-state index is 0.709. The number of rotatable bonds is 3. The average molecular weight is 204 g/mol. The normalized spacial score (nSPS) is 14.2. The van der Waals surface area contributed by atoms with Crippen LogP contribution in [0.25, 0.3) is 0 Å². The molecule has 3 heteroatoms. The van der Waals surface area contributed by atoms with E-state index in [1.807, 2.05) is 0 Å². The van der Waals surface area contributed by atoms with Gasteiger partial charge in [-0.3, -0.25) is 0 Å². The molecule has 0 spiro atoms. The molecule has 1 radical (unpaired) electrons. The quantitative estimate of drug-likeness (QED) is 0.619. The van der Waals surface area contributed by atoms with Crippen LogP contribution in [0, 0.1) is 0 Å². The van der Waals surface area contributed by atoms with Crippen molar-refractivity contribution in [2.75, 3.05) is 0 Å². The second-order valence-corrected chi connectivity index (χ2v) is 19.5. The van der Waals surface area contributed by atoms with Crippen LogP contribution in [0.2, 0.25) is 50.6 Å². The zero-order valence-electron chi connectivity index (χ0n) is 9.15. The topological polar surface area (TPSA) is 0 Å². The molecule has 0 amide bonds. The molecule has 0 aliphatic carbocycles. The average Bonchev–Trinajstić information content (AvgIpc) is 1.56. The van der Waals surface area contributed by atoms with Gasteiger partial charge < -0.3 is 0 Å². The SMILES string of the molecule is C[SiH]C([Si](C)(C)C)[Si](C)(C)C. The van der Waals surface area contributed by atoms with Gasteiger partial charge in [0.15, 0.2) is 0 Å². The van der Waals surface area contributed by atoms with Crippen molar-refractivity contribution < 1.29 is 0 Å². The first-order valence-corrected chi connectivity index (χ1v) is 13.5. The van der Waals surface area contributed by atoms with E-state index in [4.69, 9.17) is 0 Å². The van der Waals surface area contributed by atoms with E-state index in [2.05, 4.69) is 45.8 Å². The van der Waals surface area contributed by atoms with Crippen molar-refractivity contribution in [3.05, 3.63) is 0 Å². The van der Waals surface area contributed by atoms with Crippen LogP contribution < -0.4 is 0 Å². The molecule has 67 valence electrons. The molecule has 0 heterocycles. The summed E-state index contributed by atoms with van der Waals surface area (Å²) < 4.78 is 0. The van der Waals surface area contributed by atoms with E-state index in [0.717, 1.165) is 0 Å². The summed E-state index contributed by atoms with van der Waals surface area (Å²) in [5.41, 5.74) is 0. The van der Waals surface area contributed by atoms with Crippen LogP contribution in [0.5, 0.6) is 0 Å². The lowest BCUT2D eigenvalue weighted by Crippen LogP contribution is -2.46. The van der Waals surface area contributed by atoms with Crippen molar-refractivity contribution in [3.8, 4) is 0 Å². The highest BCUT2D eigenvalue weighted by Gasteiger charge is 2.35. The van der Waals surface area contributed by atoms with Gasteiger partial charge in [0, 0.05) is 25.7 Å². The Morgan fingerprint density at radius 3 is 1.09 bits per heavy atom. The molecule has 0 aliphatic rings. The molecule has 0 aliphatic heterocycles. The summed E-state index contributed by atoms with van der Waals surface area (Å²) >= 11 is 0. The largest absolute Gasteiger partial charge is 0.0743 e. The van der Waals surface area contributed by atoms with E-state index in [0.29, 0.717) is 9.52 Å². The molecule has 0 aromatic rings. The van der Waals surface area contributed by atoms with Crippen molar-refractivity contribution in [2.24, 2.45) is 0 Å². The predicted molar refractivity (Wildman–Crippen MR) is 63.5 cm³/mol. The number of hydrogen-bond donors (Lipinski definition) is 0. The summed E-state index contributed by atoms with van der Waals surface area (Å²) in [5.74, 6) is 0. The van der Waals surface area contributed by atoms with E-state index >= 15 is 0 Å². The van der Waals surface area contributed by atoms with Gasteiger partial charge in [-0.15, -0.1) is 0 Å². The zero-order valence-corrected chi connectivity index (χ0v) is 12.3. The van der Waals surface area contributed by atoms with Gasteiger partial charge in [-0.2, -0.15) is 0 Å². The molecule has 0 saturated heterocycles. The van der Waals surface area contributed by atoms with Gasteiger partial charge in [0.2, 0.25) is 0 Å². The third kappa shape index (κ3) is 3.71. The van der Waals surface area contributed by atoms with Gasteiger partial charge in [0.05, 0.1) is 0 Å². The lowest BCUT2D eigenvalue weighted by atomic mass is 11.7. The Bertz CT molecular complexity index is 104. The first kappa shape index (κ1) is 11.7. The Hall–Kier alpha value is 0.651. The van der Waals surface area contributed by atoms with E-state index in [1.54, 1.807) is 0 Å². The van der Waals surface area contributed by atoms with Gasteiger partial charge in [0.25, 0.3) is 0 Å². The van der Waals surface area contributed by atoms with Crippen molar-refractivity contribution in [1.82, 2.24) is 0 Å². The molecule has 0 saturated carbocycles. The summed E-state index contributed by atoms with van der Waals surface area (Å²) in [6.45, 7) is 17.7. The fourth-order valence-corrected chi connectivity index (χ4v) is 20.7. The monoisotopic (exact) mass is 203 g/mol. The van der Waals surface area contributed by atoms with Crippen LogP contribution in [-0.4, -0.2) is 25.7 Å². The molecule has 0 aromatic carbocycles. The van der Waals surface area contributed by atoms with Crippen LogP contribution in [-0.2, 0) is 0 Å². The molecular formula is C8H23Si3. The van der Waals surface area contributed by atoms with Crippen LogP contribution in [0.1, 0.15) is 0 Å². The van der Waals surface area contributed by atoms with Gasteiger partial charge in [-0.1, -0.05) is 50.6 Å². The van der Waals surface area contributed by atoms with Crippen LogP contribution in [0.4, 0.5) is 0 Å². The Balaban J connectivity index is 4.43. The fraction of sp³-hybridized carbons (Fsp3) is 1.00. The van der Waals surface area contributed by atoms with E-state index in [9.17, 15) is 0 Å². The summed E-state index contributed by atoms with van der Waals surface area (Å²) in [7, 11) is -0.938. The lowest BCUT2D eigenvalue weighted by Gasteiger charge is -2.37. The second-order valence-electron chi connectivity index (χ2n) is 5.54. The summed E-state index contributed by atoms with van der Waals surface area (Å²) in [5, 5.41) is 0. The van der Waals surface area contributed by atoms with Crippen LogP contribution >= 0.6 is 0 Å². The Morgan fingerprint density at radius 1 is 0.818 bits per heavy atom. The van der Waals surface area contributed by atoms with Crippen molar-refractivity contribution >= 4 is 25.7 Å². The summed E-state index contributed by atoms with van der Waals surface area (Å²) in [4.78, 5) is 1.18. The highest BCUT2D eigenvalue weighted by molar-refractivity contribution is 7.04. The fourth-order valence-electron chi connectivity index (χ4n) is 2.30. The van der Waals surface area contributed by atoms with Gasteiger partial charge in [0.1, 0.15) is 0 Å². The predicted octanol–water partition coefficient (Wildman–Crippen LogP) is 3.01. The minimum Gasteiger partial charge on any atom is -0.0743 e. The first-order valence-electron chi connectivity index (χ1n) is 4.49. The van der Waals surface area contributed by atoms with Gasteiger partial charge >= 0.3 is 0 Å². The molecule has 0 atom stereocenters. The van der Waals surface area contributed by atoms with E-state index in [1.165, 1.54) is 4.79 Å². The second kappa shape index (κ2) is 3.58. The molecule has 0 fully saturated rings. The van der Waals surface area contributed by atoms with E-state index in [-0.39, 0.29) is 0 Å². The Labute approximate surface area is 76.6 Å². The third-order valence-corrected chi connectivity index (χ3v) is 19.8. The molecule has 11 heavy (non-hydrogen) atoms. The summed E-state index contributed by atoms with van der Waals surface area (Å²) in [6.07, 6.45) is 0. The maximum absolute atomic E-state index is 2.53. The smallest absolute Gasteiger partial charge is 0.0416 e. The van der Waals surface area contributed by atoms with Crippen molar-refractivity contribution in [3.63, 3.8) is 0 Å². The van der Waals surface area contributed by atoms with Crippen LogP contribution in [0.15, 0.2) is 0 Å². The minimum atomic E-state index is -0.823. The maximum Gasteiger partial charge on any atom is 0.0416 e. The van der Waals surface area contributed by atoms with Gasteiger partial charge in [-0.25, -0.2) is 0 Å². The van der Waals surface area contributed by atoms with Crippen molar-refractivity contribution in [1.29, 1.82) is 0 Å².